The van der Waals surface area contributed by atoms with E-state index in [1.54, 1.807) is 26.2 Å². The molecule has 1 atom stereocenters. The zero-order valence-electron chi connectivity index (χ0n) is 12.3. The van der Waals surface area contributed by atoms with Gasteiger partial charge < -0.3 is 10.5 Å². The van der Waals surface area contributed by atoms with Crippen LogP contribution in [0.5, 0.6) is 5.75 Å². The fourth-order valence-electron chi connectivity index (χ4n) is 2.54. The first kappa shape index (κ1) is 14.5. The Morgan fingerprint density at radius 3 is 2.35 bits per heavy atom. The predicted molar refractivity (Wildman–Crippen MR) is 79.6 cm³/mol. The van der Waals surface area contributed by atoms with Crippen molar-refractivity contribution in [3.8, 4) is 5.75 Å². The summed E-state index contributed by atoms with van der Waals surface area (Å²) in [5.74, 6) is 0.561. The number of nitrogens with two attached hydrogens (primary N) is 1. The lowest BCUT2D eigenvalue weighted by molar-refractivity contribution is 0.407. The number of halogens is 1. The molecule has 20 heavy (non-hydrogen) atoms. The molecule has 2 aromatic carbocycles. The van der Waals surface area contributed by atoms with Crippen LogP contribution in [-0.2, 0) is 0 Å². The average molecular weight is 273 g/mol. The number of hydrogen-bond acceptors (Lipinski definition) is 2. The van der Waals surface area contributed by atoms with Crippen molar-refractivity contribution in [2.75, 3.05) is 7.11 Å². The lowest BCUT2D eigenvalue weighted by Gasteiger charge is -2.20. The van der Waals surface area contributed by atoms with Gasteiger partial charge in [0.25, 0.3) is 0 Å². The van der Waals surface area contributed by atoms with E-state index in [4.69, 9.17) is 10.5 Å². The Morgan fingerprint density at radius 1 is 1.05 bits per heavy atom. The Kier molecular flexibility index (Phi) is 4.09. The summed E-state index contributed by atoms with van der Waals surface area (Å²) in [7, 11) is 1.64. The summed E-state index contributed by atoms with van der Waals surface area (Å²) in [4.78, 5) is 0. The Morgan fingerprint density at radius 2 is 1.75 bits per heavy atom. The highest BCUT2D eigenvalue weighted by Gasteiger charge is 2.18. The Balaban J connectivity index is 2.52. The second-order valence-corrected chi connectivity index (χ2v) is 5.18. The van der Waals surface area contributed by atoms with Crippen LogP contribution in [0.3, 0.4) is 0 Å². The molecule has 0 spiro atoms. The maximum Gasteiger partial charge on any atom is 0.126 e. The van der Waals surface area contributed by atoms with Crippen LogP contribution in [0.15, 0.2) is 30.3 Å². The SMILES string of the molecule is COc1cc(C)cc(C)c1C(N)c1ccc(F)c(C)c1. The van der Waals surface area contributed by atoms with E-state index in [-0.39, 0.29) is 11.9 Å². The van der Waals surface area contributed by atoms with Crippen molar-refractivity contribution in [2.45, 2.75) is 26.8 Å². The fourth-order valence-corrected chi connectivity index (χ4v) is 2.54. The molecule has 2 nitrogen and oxygen atoms in total. The third-order valence-electron chi connectivity index (χ3n) is 3.57. The van der Waals surface area contributed by atoms with Crippen molar-refractivity contribution >= 4 is 0 Å². The van der Waals surface area contributed by atoms with E-state index in [0.717, 1.165) is 28.0 Å². The highest BCUT2D eigenvalue weighted by Crippen LogP contribution is 2.32. The van der Waals surface area contributed by atoms with Crippen LogP contribution in [0.4, 0.5) is 4.39 Å². The van der Waals surface area contributed by atoms with E-state index in [9.17, 15) is 4.39 Å². The first-order valence-electron chi connectivity index (χ1n) is 6.60. The lowest BCUT2D eigenvalue weighted by Crippen LogP contribution is -2.15. The molecule has 2 N–H and O–H groups in total. The quantitative estimate of drug-likeness (QED) is 0.923. The minimum absolute atomic E-state index is 0.214. The topological polar surface area (TPSA) is 35.2 Å². The first-order valence-corrected chi connectivity index (χ1v) is 6.60. The Bertz CT molecular complexity index is 637. The Labute approximate surface area is 119 Å². The number of hydrogen-bond donors (Lipinski definition) is 1. The summed E-state index contributed by atoms with van der Waals surface area (Å²) in [6.07, 6.45) is 0. The summed E-state index contributed by atoms with van der Waals surface area (Å²) < 4.78 is 18.8. The molecule has 0 bridgehead atoms. The van der Waals surface area contributed by atoms with E-state index < -0.39 is 0 Å². The van der Waals surface area contributed by atoms with Crippen LogP contribution < -0.4 is 10.5 Å². The molecule has 0 aromatic heterocycles. The van der Waals surface area contributed by atoms with Crippen molar-refractivity contribution in [3.05, 3.63) is 64.0 Å². The number of ether oxygens (including phenoxy) is 1. The molecule has 2 rings (SSSR count). The molecule has 0 aliphatic rings. The molecule has 0 heterocycles. The average Bonchev–Trinajstić information content (AvgIpc) is 2.40. The minimum atomic E-state index is -0.329. The molecule has 0 saturated carbocycles. The van der Waals surface area contributed by atoms with Gasteiger partial charge in [-0.25, -0.2) is 4.39 Å². The summed E-state index contributed by atoms with van der Waals surface area (Å²) in [6, 6.07) is 8.70. The first-order chi connectivity index (χ1) is 9.43. The van der Waals surface area contributed by atoms with Crippen LogP contribution in [0.2, 0.25) is 0 Å². The third kappa shape index (κ3) is 2.68. The lowest BCUT2D eigenvalue weighted by atomic mass is 9.92. The number of aryl methyl sites for hydroxylation is 3. The molecular formula is C17H20FNO. The van der Waals surface area contributed by atoms with Gasteiger partial charge in [0.05, 0.1) is 13.2 Å². The third-order valence-corrected chi connectivity index (χ3v) is 3.57. The van der Waals surface area contributed by atoms with Gasteiger partial charge in [0, 0.05) is 5.56 Å². The second kappa shape index (κ2) is 5.63. The van der Waals surface area contributed by atoms with E-state index >= 15 is 0 Å². The number of methoxy groups -OCH3 is 1. The second-order valence-electron chi connectivity index (χ2n) is 5.18. The van der Waals surface area contributed by atoms with E-state index in [1.807, 2.05) is 19.9 Å². The van der Waals surface area contributed by atoms with Crippen LogP contribution in [-0.4, -0.2) is 7.11 Å². The van der Waals surface area contributed by atoms with Crippen molar-refractivity contribution < 1.29 is 9.13 Å². The highest BCUT2D eigenvalue weighted by atomic mass is 19.1. The summed E-state index contributed by atoms with van der Waals surface area (Å²) in [6.45, 7) is 5.78. The molecule has 106 valence electrons. The van der Waals surface area contributed by atoms with Gasteiger partial charge in [-0.2, -0.15) is 0 Å². The maximum absolute atomic E-state index is 13.4. The molecule has 0 amide bonds. The van der Waals surface area contributed by atoms with Crippen molar-refractivity contribution in [1.82, 2.24) is 0 Å². The minimum Gasteiger partial charge on any atom is -0.496 e. The van der Waals surface area contributed by atoms with Crippen LogP contribution in [0.1, 0.15) is 33.9 Å². The van der Waals surface area contributed by atoms with Gasteiger partial charge in [-0.15, -0.1) is 0 Å². The monoisotopic (exact) mass is 273 g/mol. The standard InChI is InChI=1S/C17H20FNO/c1-10-7-12(3)16(15(8-10)20-4)17(19)13-5-6-14(18)11(2)9-13/h5-9,17H,19H2,1-4H3. The normalized spacial score (nSPS) is 12.3. The summed E-state index contributed by atoms with van der Waals surface area (Å²) in [5, 5.41) is 0. The van der Waals surface area contributed by atoms with Gasteiger partial charge in [-0.1, -0.05) is 18.2 Å². The largest absolute Gasteiger partial charge is 0.496 e. The van der Waals surface area contributed by atoms with Crippen LogP contribution >= 0.6 is 0 Å². The zero-order valence-corrected chi connectivity index (χ0v) is 12.3. The van der Waals surface area contributed by atoms with E-state index in [1.165, 1.54) is 6.07 Å². The van der Waals surface area contributed by atoms with Crippen molar-refractivity contribution in [3.63, 3.8) is 0 Å². The van der Waals surface area contributed by atoms with Crippen molar-refractivity contribution in [2.24, 2.45) is 5.73 Å². The molecule has 0 fully saturated rings. The molecule has 1 unspecified atom stereocenters. The van der Waals surface area contributed by atoms with Gasteiger partial charge in [-0.05, 0) is 55.2 Å². The molecule has 0 radical (unpaired) electrons. The van der Waals surface area contributed by atoms with Crippen LogP contribution in [0.25, 0.3) is 0 Å². The predicted octanol–water partition coefficient (Wildman–Crippen LogP) is 3.81. The van der Waals surface area contributed by atoms with Gasteiger partial charge in [0.2, 0.25) is 0 Å². The Hall–Kier alpha value is -1.87. The van der Waals surface area contributed by atoms with Crippen LogP contribution in [0, 0.1) is 26.6 Å². The molecule has 0 saturated heterocycles. The molecule has 0 aliphatic heterocycles. The highest BCUT2D eigenvalue weighted by molar-refractivity contribution is 5.48. The fraction of sp³-hybridized carbons (Fsp3) is 0.294. The van der Waals surface area contributed by atoms with E-state index in [2.05, 4.69) is 6.07 Å². The van der Waals surface area contributed by atoms with Gasteiger partial charge in [-0.3, -0.25) is 0 Å². The number of benzene rings is 2. The van der Waals surface area contributed by atoms with E-state index in [0.29, 0.717) is 5.56 Å². The zero-order chi connectivity index (χ0) is 14.9. The molecule has 0 aliphatic carbocycles. The maximum atomic E-state index is 13.4. The smallest absolute Gasteiger partial charge is 0.126 e. The van der Waals surface area contributed by atoms with Gasteiger partial charge in [0.15, 0.2) is 0 Å². The summed E-state index contributed by atoms with van der Waals surface area (Å²) >= 11 is 0. The van der Waals surface area contributed by atoms with Gasteiger partial charge >= 0.3 is 0 Å². The van der Waals surface area contributed by atoms with Gasteiger partial charge in [0.1, 0.15) is 11.6 Å². The van der Waals surface area contributed by atoms with Crippen molar-refractivity contribution in [1.29, 1.82) is 0 Å². The molecular weight excluding hydrogens is 253 g/mol. The molecule has 2 aromatic rings. The molecule has 3 heteroatoms. The number of rotatable bonds is 3. The summed E-state index contributed by atoms with van der Waals surface area (Å²) in [5.41, 5.74) is 11.0.